The van der Waals surface area contributed by atoms with Gasteiger partial charge in [-0.1, -0.05) is 6.07 Å². The van der Waals surface area contributed by atoms with Crippen LogP contribution in [0.25, 0.3) is 0 Å². The molecule has 0 saturated carbocycles. The maximum atomic E-state index is 12.9. The minimum atomic E-state index is -0.688. The number of hydrogen-bond acceptors (Lipinski definition) is 4. The van der Waals surface area contributed by atoms with Crippen LogP contribution in [0.15, 0.2) is 36.7 Å². The van der Waals surface area contributed by atoms with Gasteiger partial charge in [-0.2, -0.15) is 4.39 Å². The van der Waals surface area contributed by atoms with Crippen molar-refractivity contribution in [3.63, 3.8) is 0 Å². The summed E-state index contributed by atoms with van der Waals surface area (Å²) in [5.41, 5.74) is 0.961. The molecule has 6 heteroatoms. The largest absolute Gasteiger partial charge is 0.481 e. The van der Waals surface area contributed by atoms with Crippen LogP contribution in [0.3, 0.4) is 0 Å². The van der Waals surface area contributed by atoms with E-state index in [1.54, 1.807) is 18.3 Å². The van der Waals surface area contributed by atoms with Gasteiger partial charge in [-0.15, -0.1) is 0 Å². The fourth-order valence-electron chi connectivity index (χ4n) is 1.56. The Bertz CT molecular complexity index is 590. The van der Waals surface area contributed by atoms with Crippen molar-refractivity contribution in [2.75, 3.05) is 7.11 Å². The van der Waals surface area contributed by atoms with Crippen LogP contribution in [0.5, 0.6) is 5.88 Å². The Labute approximate surface area is 109 Å². The van der Waals surface area contributed by atoms with Crippen molar-refractivity contribution in [2.45, 2.75) is 6.54 Å². The highest BCUT2D eigenvalue weighted by molar-refractivity contribution is 5.93. The number of aromatic nitrogens is 2. The molecule has 2 rings (SSSR count). The van der Waals surface area contributed by atoms with Crippen LogP contribution in [0.4, 0.5) is 4.39 Å². The van der Waals surface area contributed by atoms with E-state index < -0.39 is 5.95 Å². The van der Waals surface area contributed by atoms with Crippen LogP contribution in [0.1, 0.15) is 15.9 Å². The van der Waals surface area contributed by atoms with E-state index in [9.17, 15) is 9.18 Å². The molecule has 0 bridgehead atoms. The number of carbonyl (C=O) groups is 1. The van der Waals surface area contributed by atoms with Crippen molar-refractivity contribution in [1.29, 1.82) is 0 Å². The van der Waals surface area contributed by atoms with Crippen LogP contribution < -0.4 is 10.1 Å². The summed E-state index contributed by atoms with van der Waals surface area (Å²) >= 11 is 0. The topological polar surface area (TPSA) is 64.1 Å². The van der Waals surface area contributed by atoms with Crippen molar-refractivity contribution in [2.24, 2.45) is 0 Å². The lowest BCUT2D eigenvalue weighted by Crippen LogP contribution is -2.23. The first-order valence-electron chi connectivity index (χ1n) is 5.58. The highest BCUT2D eigenvalue weighted by atomic mass is 19.1. The lowest BCUT2D eigenvalue weighted by Gasteiger charge is -2.08. The lowest BCUT2D eigenvalue weighted by molar-refractivity contribution is 0.0950. The molecule has 0 aliphatic carbocycles. The Morgan fingerprint density at radius 2 is 2.21 bits per heavy atom. The second kappa shape index (κ2) is 5.90. The standard InChI is InChI=1S/C13H12FN3O2/c1-19-13-10(3-2-5-16-13)8-17-12(18)9-4-6-15-11(14)7-9/h2-7H,8H2,1H3,(H,17,18). The van der Waals surface area contributed by atoms with Gasteiger partial charge in [0.05, 0.1) is 7.11 Å². The molecule has 0 atom stereocenters. The zero-order valence-corrected chi connectivity index (χ0v) is 10.3. The number of hydrogen-bond donors (Lipinski definition) is 1. The van der Waals surface area contributed by atoms with E-state index in [1.165, 1.54) is 19.4 Å². The summed E-state index contributed by atoms with van der Waals surface area (Å²) < 4.78 is 18.0. The van der Waals surface area contributed by atoms with Gasteiger partial charge in [-0.3, -0.25) is 4.79 Å². The van der Waals surface area contributed by atoms with E-state index in [4.69, 9.17) is 4.74 Å². The van der Waals surface area contributed by atoms with Gasteiger partial charge in [0, 0.05) is 36.1 Å². The molecule has 0 spiro atoms. The SMILES string of the molecule is COc1ncccc1CNC(=O)c1ccnc(F)c1. The summed E-state index contributed by atoms with van der Waals surface area (Å²) in [7, 11) is 1.51. The molecule has 0 aromatic carbocycles. The molecule has 0 aliphatic rings. The maximum Gasteiger partial charge on any atom is 0.251 e. The average Bonchev–Trinajstić information content (AvgIpc) is 2.45. The Balaban J connectivity index is 2.04. The molecule has 1 amide bonds. The number of halogens is 1. The third-order valence-corrected chi connectivity index (χ3v) is 2.47. The Morgan fingerprint density at radius 3 is 2.95 bits per heavy atom. The Hall–Kier alpha value is -2.50. The number of nitrogens with zero attached hydrogens (tertiary/aromatic N) is 2. The van der Waals surface area contributed by atoms with Crippen LogP contribution in [-0.4, -0.2) is 23.0 Å². The Morgan fingerprint density at radius 1 is 1.37 bits per heavy atom. The number of pyridine rings is 2. The summed E-state index contributed by atoms with van der Waals surface area (Å²) in [5, 5.41) is 2.66. The van der Waals surface area contributed by atoms with Crippen LogP contribution in [0.2, 0.25) is 0 Å². The average molecular weight is 261 g/mol. The number of amides is 1. The second-order valence-electron chi connectivity index (χ2n) is 3.72. The molecule has 2 aromatic heterocycles. The third-order valence-electron chi connectivity index (χ3n) is 2.47. The first-order chi connectivity index (χ1) is 9.20. The van der Waals surface area contributed by atoms with E-state index >= 15 is 0 Å². The molecule has 98 valence electrons. The molecule has 0 unspecified atom stereocenters. The van der Waals surface area contributed by atoms with Gasteiger partial charge in [0.1, 0.15) is 0 Å². The van der Waals surface area contributed by atoms with Gasteiger partial charge >= 0.3 is 0 Å². The van der Waals surface area contributed by atoms with E-state index in [1.807, 2.05) is 0 Å². The molecule has 19 heavy (non-hydrogen) atoms. The van der Waals surface area contributed by atoms with Gasteiger partial charge in [-0.25, -0.2) is 9.97 Å². The predicted octanol–water partition coefficient (Wildman–Crippen LogP) is 1.55. The molecule has 0 fully saturated rings. The number of methoxy groups -OCH3 is 1. The van der Waals surface area contributed by atoms with Crippen LogP contribution >= 0.6 is 0 Å². The molecule has 0 radical (unpaired) electrons. The van der Waals surface area contributed by atoms with Gasteiger partial charge in [0.2, 0.25) is 11.8 Å². The minimum absolute atomic E-state index is 0.218. The Kier molecular flexibility index (Phi) is 4.02. The molecule has 0 aliphatic heterocycles. The smallest absolute Gasteiger partial charge is 0.251 e. The first kappa shape index (κ1) is 12.9. The van der Waals surface area contributed by atoms with Gasteiger partial charge < -0.3 is 10.1 Å². The van der Waals surface area contributed by atoms with Crippen LogP contribution in [0, 0.1) is 5.95 Å². The minimum Gasteiger partial charge on any atom is -0.481 e. The van der Waals surface area contributed by atoms with Crippen molar-refractivity contribution >= 4 is 5.91 Å². The van der Waals surface area contributed by atoms with Crippen molar-refractivity contribution in [3.8, 4) is 5.88 Å². The van der Waals surface area contributed by atoms with Crippen LogP contribution in [-0.2, 0) is 6.54 Å². The fraction of sp³-hybridized carbons (Fsp3) is 0.154. The van der Waals surface area contributed by atoms with E-state index in [-0.39, 0.29) is 18.0 Å². The molecule has 5 nitrogen and oxygen atoms in total. The normalized spacial score (nSPS) is 10.0. The fourth-order valence-corrected chi connectivity index (χ4v) is 1.56. The van der Waals surface area contributed by atoms with E-state index in [0.29, 0.717) is 5.88 Å². The zero-order valence-electron chi connectivity index (χ0n) is 10.3. The zero-order chi connectivity index (χ0) is 13.7. The van der Waals surface area contributed by atoms with E-state index in [2.05, 4.69) is 15.3 Å². The van der Waals surface area contributed by atoms with E-state index in [0.717, 1.165) is 11.6 Å². The highest BCUT2D eigenvalue weighted by Crippen LogP contribution is 2.13. The molecule has 0 saturated heterocycles. The molecule has 1 N–H and O–H groups in total. The van der Waals surface area contributed by atoms with Crippen molar-refractivity contribution in [1.82, 2.24) is 15.3 Å². The summed E-state index contributed by atoms with van der Waals surface area (Å²) in [6, 6.07) is 6.06. The monoisotopic (exact) mass is 261 g/mol. The lowest BCUT2D eigenvalue weighted by atomic mass is 10.2. The summed E-state index contributed by atoms with van der Waals surface area (Å²) in [4.78, 5) is 19.2. The summed E-state index contributed by atoms with van der Waals surface area (Å²) in [6.45, 7) is 0.250. The van der Waals surface area contributed by atoms with Gasteiger partial charge in [-0.05, 0) is 12.1 Å². The summed E-state index contributed by atoms with van der Waals surface area (Å²) in [6.07, 6.45) is 2.84. The highest BCUT2D eigenvalue weighted by Gasteiger charge is 2.09. The maximum absolute atomic E-state index is 12.9. The molecular weight excluding hydrogens is 249 g/mol. The third kappa shape index (κ3) is 3.25. The van der Waals surface area contributed by atoms with Gasteiger partial charge in [0.15, 0.2) is 0 Å². The second-order valence-corrected chi connectivity index (χ2v) is 3.72. The summed E-state index contributed by atoms with van der Waals surface area (Å²) in [5.74, 6) is -0.623. The molecule has 2 aromatic rings. The number of carbonyl (C=O) groups excluding carboxylic acids is 1. The number of rotatable bonds is 4. The van der Waals surface area contributed by atoms with Gasteiger partial charge in [0.25, 0.3) is 5.91 Å². The predicted molar refractivity (Wildman–Crippen MR) is 66.2 cm³/mol. The quantitative estimate of drug-likeness (QED) is 0.848. The first-order valence-corrected chi connectivity index (χ1v) is 5.58. The number of ether oxygens (including phenoxy) is 1. The number of nitrogens with one attached hydrogen (secondary N) is 1. The molecular formula is C13H12FN3O2. The van der Waals surface area contributed by atoms with Crippen molar-refractivity contribution < 1.29 is 13.9 Å². The molecule has 2 heterocycles. The van der Waals surface area contributed by atoms with Crippen molar-refractivity contribution in [3.05, 3.63) is 53.7 Å².